The van der Waals surface area contributed by atoms with Crippen molar-refractivity contribution >= 4 is 11.6 Å². The molecule has 0 aliphatic rings. The summed E-state index contributed by atoms with van der Waals surface area (Å²) in [6.07, 6.45) is 1.49. The quantitative estimate of drug-likeness (QED) is 0.746. The Labute approximate surface area is 128 Å². The lowest BCUT2D eigenvalue weighted by Gasteiger charge is -2.22. The fraction of sp³-hybridized carbons (Fsp3) is 0.312. The first-order valence-electron chi connectivity index (χ1n) is 7.10. The average molecular weight is 299 g/mol. The van der Waals surface area contributed by atoms with E-state index in [1.165, 1.54) is 6.33 Å². The maximum absolute atomic E-state index is 13.7. The van der Waals surface area contributed by atoms with Gasteiger partial charge in [-0.15, -0.1) is 0 Å². The summed E-state index contributed by atoms with van der Waals surface area (Å²) in [5, 5.41) is 4.24. The summed E-state index contributed by atoms with van der Waals surface area (Å²) in [5.74, 6) is 1.31. The second-order valence-electron chi connectivity index (χ2n) is 5.56. The minimum atomic E-state index is -0.181. The minimum absolute atomic E-state index is 0.181. The van der Waals surface area contributed by atoms with Crippen LogP contribution in [0.5, 0.6) is 0 Å². The van der Waals surface area contributed by atoms with Crippen molar-refractivity contribution < 1.29 is 4.39 Å². The molecule has 0 N–H and O–H groups in total. The van der Waals surface area contributed by atoms with Crippen LogP contribution in [-0.4, -0.2) is 26.6 Å². The van der Waals surface area contributed by atoms with Crippen molar-refractivity contribution in [2.24, 2.45) is 0 Å². The molecule has 22 heavy (non-hydrogen) atoms. The average Bonchev–Trinajstić information content (AvgIpc) is 2.91. The van der Waals surface area contributed by atoms with E-state index in [-0.39, 0.29) is 5.82 Å². The Hall–Kier alpha value is -2.50. The molecule has 1 aromatic carbocycles. The van der Waals surface area contributed by atoms with Gasteiger partial charge in [0.25, 0.3) is 5.78 Å². The van der Waals surface area contributed by atoms with E-state index in [4.69, 9.17) is 0 Å². The van der Waals surface area contributed by atoms with Crippen LogP contribution in [0.15, 0.2) is 24.5 Å². The van der Waals surface area contributed by atoms with Gasteiger partial charge in [-0.2, -0.15) is 14.6 Å². The second kappa shape index (κ2) is 5.36. The summed E-state index contributed by atoms with van der Waals surface area (Å²) < 4.78 is 15.4. The Morgan fingerprint density at radius 1 is 1.23 bits per heavy atom. The summed E-state index contributed by atoms with van der Waals surface area (Å²) in [4.78, 5) is 10.6. The molecule has 0 spiro atoms. The number of fused-ring (bicyclic) bond motifs is 1. The van der Waals surface area contributed by atoms with Gasteiger partial charge in [0.2, 0.25) is 0 Å². The molecule has 0 atom stereocenters. The smallest absolute Gasteiger partial charge is 0.254 e. The zero-order chi connectivity index (χ0) is 15.9. The summed E-state index contributed by atoms with van der Waals surface area (Å²) >= 11 is 0. The monoisotopic (exact) mass is 299 g/mol. The Morgan fingerprint density at radius 3 is 2.73 bits per heavy atom. The summed E-state index contributed by atoms with van der Waals surface area (Å²) in [5.41, 5.74) is 3.51. The van der Waals surface area contributed by atoms with Crippen LogP contribution in [0.2, 0.25) is 0 Å². The Kier molecular flexibility index (Phi) is 3.52. The third-order valence-corrected chi connectivity index (χ3v) is 3.89. The molecule has 0 unspecified atom stereocenters. The highest BCUT2D eigenvalue weighted by Crippen LogP contribution is 2.23. The predicted octanol–water partition coefficient (Wildman–Crippen LogP) is 2.83. The van der Waals surface area contributed by atoms with E-state index in [0.29, 0.717) is 17.9 Å². The highest BCUT2D eigenvalue weighted by atomic mass is 19.1. The molecule has 0 aliphatic heterocycles. The van der Waals surface area contributed by atoms with Crippen LogP contribution < -0.4 is 4.90 Å². The first-order valence-corrected chi connectivity index (χ1v) is 7.10. The van der Waals surface area contributed by atoms with Crippen molar-refractivity contribution in [2.75, 3.05) is 11.9 Å². The van der Waals surface area contributed by atoms with E-state index in [9.17, 15) is 4.39 Å². The number of nitrogens with zero attached hydrogens (tertiary/aromatic N) is 5. The van der Waals surface area contributed by atoms with Gasteiger partial charge < -0.3 is 4.90 Å². The number of rotatable bonds is 3. The van der Waals surface area contributed by atoms with Gasteiger partial charge in [-0.05, 0) is 38.0 Å². The van der Waals surface area contributed by atoms with E-state index >= 15 is 0 Å². The number of aromatic nitrogens is 4. The van der Waals surface area contributed by atoms with Gasteiger partial charge in [0.1, 0.15) is 18.0 Å². The molecule has 3 rings (SSSR count). The molecule has 114 valence electrons. The van der Waals surface area contributed by atoms with Gasteiger partial charge >= 0.3 is 0 Å². The van der Waals surface area contributed by atoms with Gasteiger partial charge in [0, 0.05) is 24.8 Å². The molecule has 0 bridgehead atoms. The molecular formula is C16H18FN5. The SMILES string of the molecule is Cc1ccc(CN(C)c2c(C)c(C)nc3ncnn23)cc1F. The first kappa shape index (κ1) is 14.4. The lowest BCUT2D eigenvalue weighted by molar-refractivity contribution is 0.615. The van der Waals surface area contributed by atoms with Crippen molar-refractivity contribution in [2.45, 2.75) is 27.3 Å². The first-order chi connectivity index (χ1) is 10.5. The van der Waals surface area contributed by atoms with Crippen molar-refractivity contribution in [3.63, 3.8) is 0 Å². The molecule has 0 saturated heterocycles. The number of anilines is 1. The van der Waals surface area contributed by atoms with E-state index < -0.39 is 0 Å². The van der Waals surface area contributed by atoms with Crippen molar-refractivity contribution in [3.8, 4) is 0 Å². The molecule has 0 radical (unpaired) electrons. The topological polar surface area (TPSA) is 46.3 Å². The van der Waals surface area contributed by atoms with Crippen LogP contribution in [0.3, 0.4) is 0 Å². The van der Waals surface area contributed by atoms with Crippen LogP contribution >= 0.6 is 0 Å². The van der Waals surface area contributed by atoms with Crippen LogP contribution in [-0.2, 0) is 6.54 Å². The van der Waals surface area contributed by atoms with Crippen LogP contribution in [0.25, 0.3) is 5.78 Å². The number of halogens is 1. The number of hydrogen-bond donors (Lipinski definition) is 0. The van der Waals surface area contributed by atoms with Gasteiger partial charge in [0.05, 0.1) is 0 Å². The van der Waals surface area contributed by atoms with E-state index in [1.54, 1.807) is 23.6 Å². The number of benzene rings is 1. The Bertz CT molecular complexity index is 840. The molecule has 0 saturated carbocycles. The van der Waals surface area contributed by atoms with Crippen molar-refractivity contribution in [1.82, 2.24) is 19.6 Å². The zero-order valence-corrected chi connectivity index (χ0v) is 13.1. The molecule has 2 heterocycles. The second-order valence-corrected chi connectivity index (χ2v) is 5.56. The van der Waals surface area contributed by atoms with Crippen molar-refractivity contribution in [3.05, 3.63) is 52.7 Å². The Morgan fingerprint density at radius 2 is 2.00 bits per heavy atom. The Balaban J connectivity index is 2.01. The lowest BCUT2D eigenvalue weighted by Crippen LogP contribution is -2.22. The summed E-state index contributed by atoms with van der Waals surface area (Å²) in [6, 6.07) is 5.32. The van der Waals surface area contributed by atoms with Crippen LogP contribution in [0.4, 0.5) is 10.2 Å². The normalized spacial score (nSPS) is 11.1. The maximum atomic E-state index is 13.7. The molecule has 2 aromatic heterocycles. The molecule has 0 aliphatic carbocycles. The molecule has 0 fully saturated rings. The maximum Gasteiger partial charge on any atom is 0.254 e. The molecule has 3 aromatic rings. The highest BCUT2D eigenvalue weighted by Gasteiger charge is 2.15. The van der Waals surface area contributed by atoms with E-state index in [0.717, 1.165) is 22.6 Å². The number of hydrogen-bond acceptors (Lipinski definition) is 4. The molecule has 5 nitrogen and oxygen atoms in total. The fourth-order valence-corrected chi connectivity index (χ4v) is 2.55. The third kappa shape index (κ3) is 2.41. The largest absolute Gasteiger partial charge is 0.355 e. The van der Waals surface area contributed by atoms with E-state index in [1.807, 2.05) is 31.9 Å². The van der Waals surface area contributed by atoms with Gasteiger partial charge in [-0.3, -0.25) is 0 Å². The van der Waals surface area contributed by atoms with Gasteiger partial charge in [-0.25, -0.2) is 9.37 Å². The molecule has 6 heteroatoms. The van der Waals surface area contributed by atoms with Crippen LogP contribution in [0.1, 0.15) is 22.4 Å². The van der Waals surface area contributed by atoms with Gasteiger partial charge in [-0.1, -0.05) is 12.1 Å². The molecule has 0 amide bonds. The zero-order valence-electron chi connectivity index (χ0n) is 13.1. The lowest BCUT2D eigenvalue weighted by atomic mass is 10.1. The number of aryl methyl sites for hydroxylation is 2. The summed E-state index contributed by atoms with van der Waals surface area (Å²) in [7, 11) is 1.96. The fourth-order valence-electron chi connectivity index (χ4n) is 2.55. The molecular weight excluding hydrogens is 281 g/mol. The standard InChI is InChI=1S/C16H18FN5/c1-10-5-6-13(7-14(10)17)8-21(4)15-11(2)12(3)20-16-18-9-19-22(15)16/h5-7,9H,8H2,1-4H3. The third-order valence-electron chi connectivity index (χ3n) is 3.89. The van der Waals surface area contributed by atoms with Crippen molar-refractivity contribution in [1.29, 1.82) is 0 Å². The highest BCUT2D eigenvalue weighted by molar-refractivity contribution is 5.53. The van der Waals surface area contributed by atoms with E-state index in [2.05, 4.69) is 15.1 Å². The predicted molar refractivity (Wildman–Crippen MR) is 83.5 cm³/mol. The van der Waals surface area contributed by atoms with Gasteiger partial charge in [0.15, 0.2) is 0 Å². The minimum Gasteiger partial charge on any atom is -0.355 e. The summed E-state index contributed by atoms with van der Waals surface area (Å²) in [6.45, 7) is 6.30. The van der Waals surface area contributed by atoms with Crippen LogP contribution in [0, 0.1) is 26.6 Å².